The number of carbonyl (C=O) groups is 1. The molecule has 5 heteroatoms. The fourth-order valence-corrected chi connectivity index (χ4v) is 1.67. The van der Waals surface area contributed by atoms with E-state index in [1.807, 2.05) is 6.07 Å². The highest BCUT2D eigenvalue weighted by molar-refractivity contribution is 6.04. The van der Waals surface area contributed by atoms with Crippen LogP contribution in [0.4, 0.5) is 10.1 Å². The quantitative estimate of drug-likeness (QED) is 0.932. The van der Waals surface area contributed by atoms with Crippen LogP contribution < -0.4 is 10.1 Å². The summed E-state index contributed by atoms with van der Waals surface area (Å²) in [6, 6.07) is 12.3. The number of hydrogen-bond acceptors (Lipinski definition) is 3. The number of nitrogens with one attached hydrogen (secondary N) is 1. The van der Waals surface area contributed by atoms with Crippen LogP contribution in [0.3, 0.4) is 0 Å². The molecule has 0 radical (unpaired) electrons. The molecule has 0 aliphatic heterocycles. The summed E-state index contributed by atoms with van der Waals surface area (Å²) in [6.07, 6.45) is 0. The van der Waals surface area contributed by atoms with Gasteiger partial charge in [-0.3, -0.25) is 4.79 Å². The average Bonchev–Trinajstić information content (AvgIpc) is 2.47. The van der Waals surface area contributed by atoms with Crippen LogP contribution in [0.15, 0.2) is 42.5 Å². The third-order valence-corrected chi connectivity index (χ3v) is 2.67. The first kappa shape index (κ1) is 13.6. The summed E-state index contributed by atoms with van der Waals surface area (Å²) < 4.78 is 18.7. The molecule has 2 rings (SSSR count). The maximum atomic E-state index is 13.7. The van der Waals surface area contributed by atoms with E-state index in [9.17, 15) is 9.18 Å². The minimum Gasteiger partial charge on any atom is -0.497 e. The van der Waals surface area contributed by atoms with E-state index >= 15 is 0 Å². The highest BCUT2D eigenvalue weighted by atomic mass is 19.1. The van der Waals surface area contributed by atoms with Crippen molar-refractivity contribution < 1.29 is 13.9 Å². The van der Waals surface area contributed by atoms with E-state index in [4.69, 9.17) is 10.00 Å². The van der Waals surface area contributed by atoms with Crippen LogP contribution in [0, 0.1) is 17.1 Å². The highest BCUT2D eigenvalue weighted by Gasteiger charge is 2.12. The van der Waals surface area contributed by atoms with E-state index in [-0.39, 0.29) is 11.1 Å². The van der Waals surface area contributed by atoms with E-state index in [2.05, 4.69) is 5.32 Å². The predicted octanol–water partition coefficient (Wildman–Crippen LogP) is 2.96. The van der Waals surface area contributed by atoms with Gasteiger partial charge in [0.15, 0.2) is 0 Å². The van der Waals surface area contributed by atoms with Crippen molar-refractivity contribution in [2.24, 2.45) is 0 Å². The van der Waals surface area contributed by atoms with Crippen molar-refractivity contribution in [2.45, 2.75) is 0 Å². The van der Waals surface area contributed by atoms with Crippen LogP contribution in [0.2, 0.25) is 0 Å². The zero-order valence-corrected chi connectivity index (χ0v) is 10.7. The maximum Gasteiger partial charge on any atom is 0.258 e. The first-order valence-corrected chi connectivity index (χ1v) is 5.79. The van der Waals surface area contributed by atoms with Crippen LogP contribution in [-0.4, -0.2) is 13.0 Å². The number of halogens is 1. The largest absolute Gasteiger partial charge is 0.497 e. The fraction of sp³-hybridized carbons (Fsp3) is 0.0667. The number of benzene rings is 2. The summed E-state index contributed by atoms with van der Waals surface area (Å²) in [5, 5.41) is 11.2. The Morgan fingerprint density at radius 1 is 1.30 bits per heavy atom. The Morgan fingerprint density at radius 2 is 2.10 bits per heavy atom. The number of carbonyl (C=O) groups excluding carboxylic acids is 1. The second kappa shape index (κ2) is 5.85. The van der Waals surface area contributed by atoms with E-state index in [1.165, 1.54) is 19.2 Å². The van der Waals surface area contributed by atoms with Gasteiger partial charge < -0.3 is 10.1 Å². The Labute approximate surface area is 115 Å². The molecule has 1 N–H and O–H groups in total. The number of methoxy groups -OCH3 is 1. The molecule has 0 heterocycles. The topological polar surface area (TPSA) is 62.1 Å². The van der Waals surface area contributed by atoms with Crippen molar-refractivity contribution in [1.29, 1.82) is 5.26 Å². The smallest absolute Gasteiger partial charge is 0.258 e. The van der Waals surface area contributed by atoms with Gasteiger partial charge >= 0.3 is 0 Å². The molecule has 4 nitrogen and oxygen atoms in total. The van der Waals surface area contributed by atoms with Gasteiger partial charge in [-0.15, -0.1) is 0 Å². The highest BCUT2D eigenvalue weighted by Crippen LogP contribution is 2.18. The molecule has 2 aromatic carbocycles. The molecule has 0 aromatic heterocycles. The van der Waals surface area contributed by atoms with E-state index in [0.29, 0.717) is 11.4 Å². The number of nitrogens with zero attached hydrogens (tertiary/aromatic N) is 1. The van der Waals surface area contributed by atoms with Crippen molar-refractivity contribution in [3.8, 4) is 11.8 Å². The van der Waals surface area contributed by atoms with Gasteiger partial charge in [0, 0.05) is 11.8 Å². The van der Waals surface area contributed by atoms with Crippen molar-refractivity contribution in [2.75, 3.05) is 12.4 Å². The van der Waals surface area contributed by atoms with Gasteiger partial charge in [0.25, 0.3) is 5.91 Å². The summed E-state index contributed by atoms with van der Waals surface area (Å²) in [7, 11) is 1.52. The van der Waals surface area contributed by atoms with E-state index in [1.54, 1.807) is 24.3 Å². The SMILES string of the molecule is COc1cccc(NC(=O)c2ccc(C#N)cc2F)c1. The predicted molar refractivity (Wildman–Crippen MR) is 72.1 cm³/mol. The van der Waals surface area contributed by atoms with Crippen molar-refractivity contribution in [3.05, 3.63) is 59.4 Å². The van der Waals surface area contributed by atoms with Crippen LogP contribution in [0.5, 0.6) is 5.75 Å². The standard InChI is InChI=1S/C15H11FN2O2/c1-20-12-4-2-3-11(8-12)18-15(19)13-6-5-10(9-17)7-14(13)16/h2-8H,1H3,(H,18,19). The van der Waals surface area contributed by atoms with Gasteiger partial charge in [0.2, 0.25) is 0 Å². The van der Waals surface area contributed by atoms with Crippen molar-refractivity contribution >= 4 is 11.6 Å². The Kier molecular flexibility index (Phi) is 3.96. The van der Waals surface area contributed by atoms with E-state index < -0.39 is 11.7 Å². The molecule has 0 aliphatic carbocycles. The molecule has 0 spiro atoms. The van der Waals surface area contributed by atoms with Crippen LogP contribution >= 0.6 is 0 Å². The first-order valence-electron chi connectivity index (χ1n) is 5.79. The molecular weight excluding hydrogens is 259 g/mol. The summed E-state index contributed by atoms with van der Waals surface area (Å²) in [5.41, 5.74) is 0.547. The van der Waals surface area contributed by atoms with Gasteiger partial charge in [-0.2, -0.15) is 5.26 Å². The minimum absolute atomic E-state index is 0.119. The average molecular weight is 270 g/mol. The van der Waals surface area contributed by atoms with Crippen molar-refractivity contribution in [3.63, 3.8) is 0 Å². The molecule has 2 aromatic rings. The Bertz CT molecular complexity index is 693. The molecular formula is C15H11FN2O2. The Morgan fingerprint density at radius 3 is 2.75 bits per heavy atom. The zero-order valence-electron chi connectivity index (χ0n) is 10.7. The lowest BCUT2D eigenvalue weighted by Gasteiger charge is -2.07. The lowest BCUT2D eigenvalue weighted by Crippen LogP contribution is -2.13. The first-order chi connectivity index (χ1) is 9.63. The van der Waals surface area contributed by atoms with Gasteiger partial charge in [-0.25, -0.2) is 4.39 Å². The molecule has 0 fully saturated rings. The molecule has 0 saturated carbocycles. The van der Waals surface area contributed by atoms with Crippen molar-refractivity contribution in [1.82, 2.24) is 0 Å². The monoisotopic (exact) mass is 270 g/mol. The van der Waals surface area contributed by atoms with Crippen LogP contribution in [0.1, 0.15) is 15.9 Å². The fourth-order valence-electron chi connectivity index (χ4n) is 1.67. The van der Waals surface area contributed by atoms with Crippen LogP contribution in [-0.2, 0) is 0 Å². The molecule has 1 amide bonds. The number of anilines is 1. The van der Waals surface area contributed by atoms with Gasteiger partial charge in [0.1, 0.15) is 11.6 Å². The Hall–Kier alpha value is -2.87. The molecule has 0 atom stereocenters. The Balaban J connectivity index is 2.22. The number of hydrogen-bond donors (Lipinski definition) is 1. The molecule has 0 unspecified atom stereocenters. The maximum absolute atomic E-state index is 13.7. The summed E-state index contributed by atoms with van der Waals surface area (Å²) in [6.45, 7) is 0. The summed E-state index contributed by atoms with van der Waals surface area (Å²) in [5.74, 6) is -0.729. The molecule has 0 bridgehead atoms. The second-order valence-electron chi connectivity index (χ2n) is 3.99. The molecule has 100 valence electrons. The van der Waals surface area contributed by atoms with Crippen LogP contribution in [0.25, 0.3) is 0 Å². The number of ether oxygens (including phenoxy) is 1. The van der Waals surface area contributed by atoms with Gasteiger partial charge in [0.05, 0.1) is 24.3 Å². The van der Waals surface area contributed by atoms with Gasteiger partial charge in [-0.05, 0) is 30.3 Å². The lowest BCUT2D eigenvalue weighted by molar-refractivity contribution is 0.102. The number of amides is 1. The zero-order chi connectivity index (χ0) is 14.5. The third kappa shape index (κ3) is 2.93. The van der Waals surface area contributed by atoms with Gasteiger partial charge in [-0.1, -0.05) is 6.07 Å². The number of nitriles is 1. The third-order valence-electron chi connectivity index (χ3n) is 2.67. The molecule has 20 heavy (non-hydrogen) atoms. The minimum atomic E-state index is -0.732. The second-order valence-corrected chi connectivity index (χ2v) is 3.99. The number of rotatable bonds is 3. The molecule has 0 saturated heterocycles. The summed E-state index contributed by atoms with van der Waals surface area (Å²) in [4.78, 5) is 12.0. The lowest BCUT2D eigenvalue weighted by atomic mass is 10.1. The normalized spacial score (nSPS) is 9.65. The molecule has 0 aliphatic rings. The summed E-state index contributed by atoms with van der Waals surface area (Å²) >= 11 is 0. The van der Waals surface area contributed by atoms with E-state index in [0.717, 1.165) is 6.07 Å².